The van der Waals surface area contributed by atoms with E-state index in [4.69, 9.17) is 32.5 Å². The lowest BCUT2D eigenvalue weighted by Gasteiger charge is -2.17. The summed E-state index contributed by atoms with van der Waals surface area (Å²) in [5.41, 5.74) is -0.373. The van der Waals surface area contributed by atoms with Gasteiger partial charge in [0.1, 0.15) is 18.1 Å². The van der Waals surface area contributed by atoms with Gasteiger partial charge in [-0.05, 0) is 31.0 Å². The van der Waals surface area contributed by atoms with Crippen molar-refractivity contribution in [3.63, 3.8) is 0 Å². The minimum Gasteiger partial charge on any atom is -0.473 e. The lowest BCUT2D eigenvalue weighted by molar-refractivity contribution is -0.141. The van der Waals surface area contributed by atoms with E-state index in [1.807, 2.05) is 0 Å². The molecule has 0 bridgehead atoms. The van der Waals surface area contributed by atoms with Crippen LogP contribution in [0, 0.1) is 0 Å². The molecule has 0 atom stereocenters. The summed E-state index contributed by atoms with van der Waals surface area (Å²) in [5, 5.41) is 14.6. The topological polar surface area (TPSA) is 71.6 Å². The lowest BCUT2D eigenvalue weighted by Crippen LogP contribution is -2.19. The van der Waals surface area contributed by atoms with Crippen LogP contribution in [-0.2, 0) is 12.8 Å². The van der Waals surface area contributed by atoms with Gasteiger partial charge in [-0.25, -0.2) is 4.98 Å². The molecule has 164 valence electrons. The van der Waals surface area contributed by atoms with Gasteiger partial charge in [0, 0.05) is 24.6 Å². The summed E-state index contributed by atoms with van der Waals surface area (Å²) >= 11 is 12.6. The SMILES string of the molecule is CN(O)c1ccc(OCc2c(-c3c(Cl)cccc3Cl)noc2C2CC2)nc1C(F)(F)F. The summed E-state index contributed by atoms with van der Waals surface area (Å²) in [6.07, 6.45) is -2.96. The average Bonchev–Trinajstić information content (AvgIpc) is 3.46. The summed E-state index contributed by atoms with van der Waals surface area (Å²) in [6.45, 7) is -0.148. The van der Waals surface area contributed by atoms with E-state index in [0.717, 1.165) is 26.0 Å². The maximum atomic E-state index is 13.3. The van der Waals surface area contributed by atoms with Gasteiger partial charge in [0.15, 0.2) is 5.69 Å². The van der Waals surface area contributed by atoms with Crippen molar-refractivity contribution in [2.75, 3.05) is 12.1 Å². The van der Waals surface area contributed by atoms with Gasteiger partial charge in [0.05, 0.1) is 21.3 Å². The molecule has 0 amide bonds. The molecule has 1 fully saturated rings. The summed E-state index contributed by atoms with van der Waals surface area (Å²) in [6, 6.07) is 7.31. The molecule has 0 spiro atoms. The Morgan fingerprint density at radius 3 is 2.45 bits per heavy atom. The van der Waals surface area contributed by atoms with Crippen molar-refractivity contribution in [2.24, 2.45) is 0 Å². The van der Waals surface area contributed by atoms with Crippen LogP contribution in [0.25, 0.3) is 11.3 Å². The van der Waals surface area contributed by atoms with Crippen LogP contribution in [0.4, 0.5) is 18.9 Å². The Labute approximate surface area is 185 Å². The van der Waals surface area contributed by atoms with Crippen molar-refractivity contribution in [1.82, 2.24) is 10.1 Å². The zero-order valence-corrected chi connectivity index (χ0v) is 17.6. The third kappa shape index (κ3) is 4.44. The van der Waals surface area contributed by atoms with E-state index in [0.29, 0.717) is 37.7 Å². The van der Waals surface area contributed by atoms with E-state index in [1.54, 1.807) is 18.2 Å². The Bertz CT molecular complexity index is 1090. The average molecular weight is 474 g/mol. The monoisotopic (exact) mass is 473 g/mol. The highest BCUT2D eigenvalue weighted by Gasteiger charge is 2.37. The minimum absolute atomic E-state index is 0.148. The van der Waals surface area contributed by atoms with Gasteiger partial charge in [-0.2, -0.15) is 13.2 Å². The first kappa shape index (κ1) is 21.7. The Balaban J connectivity index is 1.69. The molecule has 4 rings (SSSR count). The first-order chi connectivity index (χ1) is 14.7. The third-order valence-corrected chi connectivity index (χ3v) is 5.43. The number of alkyl halides is 3. The Hall–Kier alpha value is -2.49. The molecule has 6 nitrogen and oxygen atoms in total. The van der Waals surface area contributed by atoms with Gasteiger partial charge >= 0.3 is 6.18 Å². The van der Waals surface area contributed by atoms with E-state index in [-0.39, 0.29) is 18.4 Å². The van der Waals surface area contributed by atoms with Gasteiger partial charge in [0.2, 0.25) is 5.88 Å². The van der Waals surface area contributed by atoms with E-state index in [9.17, 15) is 18.4 Å². The largest absolute Gasteiger partial charge is 0.473 e. The summed E-state index contributed by atoms with van der Waals surface area (Å²) in [4.78, 5) is 3.54. The van der Waals surface area contributed by atoms with E-state index in [1.165, 1.54) is 6.07 Å². The minimum atomic E-state index is -4.78. The van der Waals surface area contributed by atoms with E-state index >= 15 is 0 Å². The normalized spacial score (nSPS) is 14.0. The molecule has 1 aliphatic rings. The fourth-order valence-electron chi connectivity index (χ4n) is 3.18. The first-order valence-electron chi connectivity index (χ1n) is 9.23. The number of benzene rings is 1. The van der Waals surface area contributed by atoms with Crippen molar-refractivity contribution >= 4 is 28.9 Å². The Kier molecular flexibility index (Phi) is 5.76. The highest BCUT2D eigenvalue weighted by atomic mass is 35.5. The zero-order chi connectivity index (χ0) is 22.3. The Morgan fingerprint density at radius 2 is 1.87 bits per heavy atom. The smallest absolute Gasteiger partial charge is 0.435 e. The highest BCUT2D eigenvalue weighted by Crippen LogP contribution is 2.46. The van der Waals surface area contributed by atoms with Crippen LogP contribution in [0.2, 0.25) is 10.0 Å². The Morgan fingerprint density at radius 1 is 1.19 bits per heavy atom. The molecule has 1 aliphatic carbocycles. The number of halogens is 5. The maximum Gasteiger partial charge on any atom is 0.435 e. The lowest BCUT2D eigenvalue weighted by atomic mass is 10.0. The standard InChI is InChI=1S/C20H16Cl2F3N3O3/c1-28(29)14-7-8-15(26-19(14)20(23,24)25)30-9-11-17(27-31-18(11)10-5-6-10)16-12(21)3-2-4-13(16)22/h2-4,7-8,10,29H,5-6,9H2,1H3. The fraction of sp³-hybridized carbons (Fsp3) is 0.300. The van der Waals surface area contributed by atoms with Crippen molar-refractivity contribution in [3.05, 3.63) is 57.4 Å². The molecule has 2 heterocycles. The fourth-order valence-corrected chi connectivity index (χ4v) is 3.75. The maximum absolute atomic E-state index is 13.3. The second-order valence-electron chi connectivity index (χ2n) is 7.07. The first-order valence-corrected chi connectivity index (χ1v) is 9.99. The molecule has 0 radical (unpaired) electrons. The summed E-state index contributed by atoms with van der Waals surface area (Å²) in [7, 11) is 1.07. The number of hydroxylamine groups is 1. The molecule has 0 aliphatic heterocycles. The molecular weight excluding hydrogens is 458 g/mol. The van der Waals surface area contributed by atoms with Crippen molar-refractivity contribution in [2.45, 2.75) is 31.5 Å². The molecule has 0 saturated heterocycles. The number of aromatic nitrogens is 2. The molecule has 1 N–H and O–H groups in total. The van der Waals surface area contributed by atoms with Gasteiger partial charge in [-0.15, -0.1) is 0 Å². The molecule has 31 heavy (non-hydrogen) atoms. The molecular formula is C20H16Cl2F3N3O3. The van der Waals surface area contributed by atoms with Crippen molar-refractivity contribution in [1.29, 1.82) is 0 Å². The van der Waals surface area contributed by atoms with Crippen LogP contribution < -0.4 is 9.80 Å². The van der Waals surface area contributed by atoms with Gasteiger partial charge < -0.3 is 9.26 Å². The van der Waals surface area contributed by atoms with Gasteiger partial charge in [-0.1, -0.05) is 34.4 Å². The summed E-state index contributed by atoms with van der Waals surface area (Å²) < 4.78 is 51.1. The predicted molar refractivity (Wildman–Crippen MR) is 108 cm³/mol. The van der Waals surface area contributed by atoms with Crippen LogP contribution in [0.5, 0.6) is 5.88 Å². The van der Waals surface area contributed by atoms with Gasteiger partial charge in [0.25, 0.3) is 0 Å². The van der Waals surface area contributed by atoms with E-state index in [2.05, 4.69) is 10.1 Å². The number of pyridine rings is 1. The van der Waals surface area contributed by atoms with Crippen molar-refractivity contribution < 1.29 is 27.6 Å². The van der Waals surface area contributed by atoms with Crippen LogP contribution in [0.1, 0.15) is 35.8 Å². The molecule has 1 saturated carbocycles. The highest BCUT2D eigenvalue weighted by molar-refractivity contribution is 6.39. The van der Waals surface area contributed by atoms with Crippen LogP contribution in [0.15, 0.2) is 34.9 Å². The quantitative estimate of drug-likeness (QED) is 0.420. The van der Waals surface area contributed by atoms with Gasteiger partial charge in [-0.3, -0.25) is 10.3 Å². The predicted octanol–water partition coefficient (Wildman–Crippen LogP) is 6.34. The zero-order valence-electron chi connectivity index (χ0n) is 16.1. The van der Waals surface area contributed by atoms with Crippen LogP contribution in [0.3, 0.4) is 0 Å². The molecule has 1 aromatic carbocycles. The molecule has 11 heteroatoms. The summed E-state index contributed by atoms with van der Waals surface area (Å²) in [5.74, 6) is 0.482. The number of hydrogen-bond acceptors (Lipinski definition) is 6. The molecule has 0 unspecified atom stereocenters. The van der Waals surface area contributed by atoms with Crippen LogP contribution >= 0.6 is 23.2 Å². The van der Waals surface area contributed by atoms with Crippen molar-refractivity contribution in [3.8, 4) is 17.1 Å². The number of rotatable bonds is 6. The van der Waals surface area contributed by atoms with Crippen LogP contribution in [-0.4, -0.2) is 22.4 Å². The number of ether oxygens (including phenoxy) is 1. The number of nitrogens with zero attached hydrogens (tertiary/aromatic N) is 3. The third-order valence-electron chi connectivity index (χ3n) is 4.80. The number of hydrogen-bond donors (Lipinski definition) is 1. The molecule has 3 aromatic rings. The second-order valence-corrected chi connectivity index (χ2v) is 7.89. The second kappa shape index (κ2) is 8.22. The molecule has 2 aromatic heterocycles. The van der Waals surface area contributed by atoms with E-state index < -0.39 is 17.6 Å². The number of anilines is 1.